The lowest BCUT2D eigenvalue weighted by atomic mass is 9.86. The van der Waals surface area contributed by atoms with Crippen LogP contribution in [0.3, 0.4) is 0 Å². The van der Waals surface area contributed by atoms with E-state index in [1.807, 2.05) is 0 Å². The van der Waals surface area contributed by atoms with E-state index in [0.717, 1.165) is 12.5 Å². The molecular formula is C35H50N4O11. The highest BCUT2D eigenvalue weighted by molar-refractivity contribution is 5.98. The molecule has 3 rings (SSSR count). The summed E-state index contributed by atoms with van der Waals surface area (Å²) in [6, 6.07) is 4.97. The molecule has 0 spiro atoms. The number of nitrogens with zero attached hydrogens (tertiary/aromatic N) is 2. The van der Waals surface area contributed by atoms with Gasteiger partial charge in [-0.2, -0.15) is 0 Å². The van der Waals surface area contributed by atoms with Gasteiger partial charge in [0.05, 0.1) is 0 Å². The summed E-state index contributed by atoms with van der Waals surface area (Å²) in [5.74, 6) is -4.71. The molecule has 50 heavy (non-hydrogen) atoms. The van der Waals surface area contributed by atoms with Crippen LogP contribution in [0.1, 0.15) is 86.1 Å². The van der Waals surface area contributed by atoms with Gasteiger partial charge in [-0.1, -0.05) is 37.3 Å². The molecule has 2 heterocycles. The molecule has 2 saturated heterocycles. The van der Waals surface area contributed by atoms with Gasteiger partial charge in [0.15, 0.2) is 6.04 Å². The molecule has 2 fully saturated rings. The van der Waals surface area contributed by atoms with Crippen LogP contribution < -0.4 is 10.6 Å². The Morgan fingerprint density at radius 1 is 0.940 bits per heavy atom. The second-order valence-electron chi connectivity index (χ2n) is 13.8. The van der Waals surface area contributed by atoms with Crippen LogP contribution in [0.25, 0.3) is 0 Å². The number of amides is 4. The molecule has 4 amide bonds. The number of carbonyl (C=O) groups excluding carboxylic acids is 6. The maximum absolute atomic E-state index is 14.6. The van der Waals surface area contributed by atoms with Crippen molar-refractivity contribution in [2.75, 3.05) is 13.1 Å². The predicted octanol–water partition coefficient (Wildman–Crippen LogP) is 2.34. The van der Waals surface area contributed by atoms with Crippen molar-refractivity contribution in [1.29, 1.82) is 0 Å². The SMILES string of the molecule is CC[C@@H](OC(C)=O)[C@H](NC(=O)C1(Cc2ccccc2)CCCN1C(=O)[C@@H]1CCCN1C(=O)[C@@H](NC(=O)OC(C)(C)C)[C@@H](C)OC(C)=O)C(=O)O. The number of hydrogen-bond acceptors (Lipinski definition) is 10. The first-order chi connectivity index (χ1) is 23.4. The number of esters is 2. The smallest absolute Gasteiger partial charge is 0.408 e. The molecule has 3 N–H and O–H groups in total. The lowest BCUT2D eigenvalue weighted by Crippen LogP contribution is -2.65. The number of likely N-dealkylation sites (tertiary alicyclic amines) is 2. The van der Waals surface area contributed by atoms with Crippen molar-refractivity contribution in [3.05, 3.63) is 35.9 Å². The molecule has 1 aromatic carbocycles. The molecule has 0 aromatic heterocycles. The molecule has 276 valence electrons. The van der Waals surface area contributed by atoms with E-state index in [1.165, 1.54) is 23.6 Å². The van der Waals surface area contributed by atoms with Crippen molar-refractivity contribution >= 4 is 41.7 Å². The van der Waals surface area contributed by atoms with Gasteiger partial charge in [-0.05, 0) is 65.4 Å². The van der Waals surface area contributed by atoms with Crippen LogP contribution in [0.15, 0.2) is 30.3 Å². The zero-order chi connectivity index (χ0) is 37.4. The quantitative estimate of drug-likeness (QED) is 0.202. The molecular weight excluding hydrogens is 652 g/mol. The number of hydrogen-bond donors (Lipinski definition) is 3. The summed E-state index contributed by atoms with van der Waals surface area (Å²) >= 11 is 0. The zero-order valence-electron chi connectivity index (χ0n) is 29.9. The third-order valence-corrected chi connectivity index (χ3v) is 8.74. The second-order valence-corrected chi connectivity index (χ2v) is 13.8. The minimum absolute atomic E-state index is 0.0507. The minimum Gasteiger partial charge on any atom is -0.480 e. The second kappa shape index (κ2) is 16.8. The first-order valence-electron chi connectivity index (χ1n) is 16.9. The number of carbonyl (C=O) groups is 7. The van der Waals surface area contributed by atoms with Gasteiger partial charge in [-0.25, -0.2) is 9.59 Å². The highest BCUT2D eigenvalue weighted by Crippen LogP contribution is 2.36. The molecule has 15 heteroatoms. The monoisotopic (exact) mass is 702 g/mol. The summed E-state index contributed by atoms with van der Waals surface area (Å²) < 4.78 is 15.8. The Balaban J connectivity index is 1.99. The van der Waals surface area contributed by atoms with E-state index in [2.05, 4.69) is 10.6 Å². The van der Waals surface area contributed by atoms with E-state index in [9.17, 15) is 38.7 Å². The molecule has 1 unspecified atom stereocenters. The number of alkyl carbamates (subject to hydrolysis) is 1. The van der Waals surface area contributed by atoms with E-state index >= 15 is 0 Å². The summed E-state index contributed by atoms with van der Waals surface area (Å²) in [7, 11) is 0. The van der Waals surface area contributed by atoms with Crippen LogP contribution in [-0.4, -0.2) is 111 Å². The molecule has 2 aliphatic rings. The van der Waals surface area contributed by atoms with E-state index in [4.69, 9.17) is 14.2 Å². The van der Waals surface area contributed by atoms with Crippen LogP contribution in [0, 0.1) is 0 Å². The van der Waals surface area contributed by atoms with E-state index in [1.54, 1.807) is 58.0 Å². The van der Waals surface area contributed by atoms with Gasteiger partial charge in [0.1, 0.15) is 35.4 Å². The average molecular weight is 703 g/mol. The standard InChI is InChI=1S/C35H50N4O11/c1-8-26(49-23(4)41)28(31(44)45)36-32(46)35(20-24-14-10-9-11-15-24)17-13-19-39(35)29(42)25-16-12-18-38(25)30(43)27(21(2)48-22(3)40)37-33(47)50-34(5,6)7/h9-11,14-15,21,25-28H,8,12-13,16-20H2,1-7H3,(H,36,46)(H,37,47)(H,44,45)/t21-,25+,26-,27+,28+,35?/m1/s1. The Morgan fingerprint density at radius 3 is 2.14 bits per heavy atom. The summed E-state index contributed by atoms with van der Waals surface area (Å²) in [5.41, 5.74) is -1.71. The van der Waals surface area contributed by atoms with Crippen molar-refractivity contribution in [2.45, 2.75) is 128 Å². The van der Waals surface area contributed by atoms with E-state index in [0.29, 0.717) is 12.8 Å². The summed E-state index contributed by atoms with van der Waals surface area (Å²) in [4.78, 5) is 94.5. The molecule has 0 radical (unpaired) electrons. The van der Waals surface area contributed by atoms with Gasteiger partial charge in [0, 0.05) is 33.4 Å². The number of carboxylic acid groups (broad SMARTS) is 1. The predicted molar refractivity (Wildman–Crippen MR) is 178 cm³/mol. The van der Waals surface area contributed by atoms with Crippen LogP contribution in [-0.2, 0) is 49.4 Å². The van der Waals surface area contributed by atoms with Gasteiger partial charge >= 0.3 is 24.0 Å². The fourth-order valence-corrected chi connectivity index (χ4v) is 6.61. The van der Waals surface area contributed by atoms with Crippen molar-refractivity contribution in [3.63, 3.8) is 0 Å². The van der Waals surface area contributed by atoms with Gasteiger partial charge in [0.2, 0.25) is 17.7 Å². The fourth-order valence-electron chi connectivity index (χ4n) is 6.61. The number of rotatable bonds is 13. The largest absolute Gasteiger partial charge is 0.480 e. The van der Waals surface area contributed by atoms with Gasteiger partial charge < -0.3 is 39.8 Å². The van der Waals surface area contributed by atoms with Crippen molar-refractivity contribution in [1.82, 2.24) is 20.4 Å². The zero-order valence-corrected chi connectivity index (χ0v) is 29.9. The third kappa shape index (κ3) is 9.94. The normalized spacial score (nSPS) is 21.3. The van der Waals surface area contributed by atoms with Crippen LogP contribution in [0.2, 0.25) is 0 Å². The molecule has 0 aliphatic carbocycles. The molecule has 2 aliphatic heterocycles. The van der Waals surface area contributed by atoms with Gasteiger partial charge in [-0.15, -0.1) is 0 Å². The minimum atomic E-state index is -1.59. The first kappa shape index (κ1) is 39.7. The third-order valence-electron chi connectivity index (χ3n) is 8.74. The van der Waals surface area contributed by atoms with Crippen LogP contribution >= 0.6 is 0 Å². The number of benzene rings is 1. The Bertz CT molecular complexity index is 1430. The summed E-state index contributed by atoms with van der Waals surface area (Å²) in [6.07, 6.45) is -1.73. The Labute approximate surface area is 292 Å². The van der Waals surface area contributed by atoms with Crippen molar-refractivity contribution in [3.8, 4) is 0 Å². The summed E-state index contributed by atoms with van der Waals surface area (Å²) in [6.45, 7) is 10.6. The maximum atomic E-state index is 14.6. The number of nitrogens with one attached hydrogen (secondary N) is 2. The Hall–Kier alpha value is -4.69. The highest BCUT2D eigenvalue weighted by Gasteiger charge is 2.54. The molecule has 1 aromatic rings. The molecule has 6 atom stereocenters. The number of carboxylic acids is 1. The van der Waals surface area contributed by atoms with E-state index < -0.39 is 83.2 Å². The maximum Gasteiger partial charge on any atom is 0.408 e. The topological polar surface area (TPSA) is 198 Å². The van der Waals surface area contributed by atoms with Crippen molar-refractivity contribution in [2.24, 2.45) is 0 Å². The van der Waals surface area contributed by atoms with Crippen LogP contribution in [0.4, 0.5) is 4.79 Å². The van der Waals surface area contributed by atoms with E-state index in [-0.39, 0.29) is 38.8 Å². The van der Waals surface area contributed by atoms with Crippen molar-refractivity contribution < 1.29 is 52.9 Å². The molecule has 15 nitrogen and oxygen atoms in total. The first-order valence-corrected chi connectivity index (χ1v) is 16.9. The number of ether oxygens (including phenoxy) is 3. The lowest BCUT2D eigenvalue weighted by Gasteiger charge is -2.41. The Kier molecular flexibility index (Phi) is 13.4. The fraction of sp³-hybridized carbons (Fsp3) is 0.629. The average Bonchev–Trinajstić information content (AvgIpc) is 3.68. The van der Waals surface area contributed by atoms with Gasteiger partial charge in [-0.3, -0.25) is 24.0 Å². The summed E-state index contributed by atoms with van der Waals surface area (Å²) in [5, 5.41) is 15.2. The number of aliphatic carboxylic acids is 1. The highest BCUT2D eigenvalue weighted by atomic mass is 16.6. The lowest BCUT2D eigenvalue weighted by molar-refractivity contribution is -0.159. The molecule has 0 bridgehead atoms. The Morgan fingerprint density at radius 2 is 1.58 bits per heavy atom. The van der Waals surface area contributed by atoms with Gasteiger partial charge in [0.25, 0.3) is 0 Å². The van der Waals surface area contributed by atoms with Crippen LogP contribution in [0.5, 0.6) is 0 Å². The molecule has 0 saturated carbocycles.